The molecule has 3 nitrogen and oxygen atoms in total. The quantitative estimate of drug-likeness (QED) is 0.638. The summed E-state index contributed by atoms with van der Waals surface area (Å²) >= 11 is 0. The van der Waals surface area contributed by atoms with Crippen molar-refractivity contribution in [2.45, 2.75) is 34.1 Å². The lowest BCUT2D eigenvalue weighted by Crippen LogP contribution is -2.37. The van der Waals surface area contributed by atoms with Gasteiger partial charge in [0.1, 0.15) is 0 Å². The van der Waals surface area contributed by atoms with Crippen LogP contribution in [0.5, 0.6) is 0 Å². The van der Waals surface area contributed by atoms with Crippen molar-refractivity contribution in [1.82, 2.24) is 5.32 Å². The number of carbonyl (C=O) groups excluding carboxylic acids is 1. The normalized spacial score (nSPS) is 11.4. The van der Waals surface area contributed by atoms with Crippen LogP contribution in [0.1, 0.15) is 34.1 Å². The molecular weight excluding hydrogens is 178 g/mol. The predicted molar refractivity (Wildman–Crippen MR) is 57.9 cm³/mol. The minimum absolute atomic E-state index is 0.0775. The third kappa shape index (κ3) is 4.61. The number of hydrogen-bond acceptors (Lipinski definition) is 2. The van der Waals surface area contributed by atoms with Crippen molar-refractivity contribution in [3.05, 3.63) is 0 Å². The molecule has 0 aromatic carbocycles. The highest BCUT2D eigenvalue weighted by Gasteiger charge is 2.24. The van der Waals surface area contributed by atoms with Gasteiger partial charge in [0, 0.05) is 19.1 Å². The number of hydrogen-bond donors (Lipinski definition) is 2. The number of carbonyl (C=O) groups is 1. The molecule has 0 spiro atoms. The third-order valence-corrected chi connectivity index (χ3v) is 2.37. The molecule has 0 saturated carbocycles. The average molecular weight is 201 g/mol. The van der Waals surface area contributed by atoms with Crippen molar-refractivity contribution in [3.63, 3.8) is 0 Å². The van der Waals surface area contributed by atoms with E-state index in [0.29, 0.717) is 24.8 Å². The van der Waals surface area contributed by atoms with Crippen molar-refractivity contribution in [3.8, 4) is 0 Å². The third-order valence-electron chi connectivity index (χ3n) is 2.37. The van der Waals surface area contributed by atoms with Crippen LogP contribution in [0.15, 0.2) is 0 Å². The Bertz CT molecular complexity index is 159. The van der Waals surface area contributed by atoms with E-state index in [1.807, 2.05) is 0 Å². The number of aliphatic hydroxyl groups is 1. The summed E-state index contributed by atoms with van der Waals surface area (Å²) in [4.78, 5) is 11.7. The van der Waals surface area contributed by atoms with Crippen molar-refractivity contribution < 1.29 is 9.90 Å². The topological polar surface area (TPSA) is 49.3 Å². The first kappa shape index (κ1) is 13.4. The Kier molecular flexibility index (Phi) is 6.54. The molecule has 0 bridgehead atoms. The molecule has 0 aliphatic heterocycles. The molecule has 3 heteroatoms. The Morgan fingerprint density at radius 1 is 1.21 bits per heavy atom. The SMILES string of the molecule is CC(C)C(C(=O)NCCCO)C(C)C. The van der Waals surface area contributed by atoms with Gasteiger partial charge in [0.15, 0.2) is 0 Å². The van der Waals surface area contributed by atoms with Crippen LogP contribution >= 0.6 is 0 Å². The van der Waals surface area contributed by atoms with Crippen molar-refractivity contribution in [2.75, 3.05) is 13.2 Å². The van der Waals surface area contributed by atoms with Crippen LogP contribution in [-0.4, -0.2) is 24.2 Å². The standard InChI is InChI=1S/C11H23NO2/c1-8(2)10(9(3)4)11(14)12-6-5-7-13/h8-10,13H,5-7H2,1-4H3,(H,12,14). The molecule has 0 heterocycles. The summed E-state index contributed by atoms with van der Waals surface area (Å²) in [6.45, 7) is 8.97. The van der Waals surface area contributed by atoms with Gasteiger partial charge in [-0.1, -0.05) is 27.7 Å². The number of nitrogens with one attached hydrogen (secondary N) is 1. The minimum atomic E-state index is 0.0775. The Labute approximate surface area is 86.9 Å². The first-order valence-electron chi connectivity index (χ1n) is 5.39. The monoisotopic (exact) mass is 201 g/mol. The molecule has 1 amide bonds. The summed E-state index contributed by atoms with van der Waals surface area (Å²) in [6, 6.07) is 0. The summed E-state index contributed by atoms with van der Waals surface area (Å²) in [5.74, 6) is 0.922. The van der Waals surface area contributed by atoms with E-state index in [1.54, 1.807) is 0 Å². The summed E-state index contributed by atoms with van der Waals surface area (Å²) < 4.78 is 0. The van der Waals surface area contributed by atoms with Crippen LogP contribution in [0.3, 0.4) is 0 Å². The molecule has 0 atom stereocenters. The molecule has 0 aromatic rings. The van der Waals surface area contributed by atoms with Crippen LogP contribution in [0.25, 0.3) is 0 Å². The summed E-state index contributed by atoms with van der Waals surface area (Å²) in [5.41, 5.74) is 0. The highest BCUT2D eigenvalue weighted by atomic mass is 16.3. The maximum atomic E-state index is 11.7. The fourth-order valence-electron chi connectivity index (χ4n) is 1.78. The minimum Gasteiger partial charge on any atom is -0.396 e. The highest BCUT2D eigenvalue weighted by molar-refractivity contribution is 5.79. The van der Waals surface area contributed by atoms with E-state index in [0.717, 1.165) is 0 Å². The number of aliphatic hydroxyl groups excluding tert-OH is 1. The van der Waals surface area contributed by atoms with Gasteiger partial charge in [-0.25, -0.2) is 0 Å². The van der Waals surface area contributed by atoms with E-state index in [-0.39, 0.29) is 18.4 Å². The van der Waals surface area contributed by atoms with Crippen molar-refractivity contribution in [1.29, 1.82) is 0 Å². The molecule has 2 N–H and O–H groups in total. The second-order valence-electron chi connectivity index (χ2n) is 4.38. The maximum absolute atomic E-state index is 11.7. The van der Waals surface area contributed by atoms with Crippen molar-refractivity contribution >= 4 is 5.91 Å². The smallest absolute Gasteiger partial charge is 0.223 e. The lowest BCUT2D eigenvalue weighted by Gasteiger charge is -2.23. The molecule has 0 aliphatic carbocycles. The Hall–Kier alpha value is -0.570. The maximum Gasteiger partial charge on any atom is 0.223 e. The van der Waals surface area contributed by atoms with Gasteiger partial charge in [0.2, 0.25) is 5.91 Å². The zero-order valence-electron chi connectivity index (χ0n) is 9.71. The zero-order valence-corrected chi connectivity index (χ0v) is 9.71. The summed E-state index contributed by atoms with van der Waals surface area (Å²) in [5, 5.41) is 11.4. The van der Waals surface area contributed by atoms with Crippen LogP contribution < -0.4 is 5.32 Å². The molecule has 0 radical (unpaired) electrons. The number of amides is 1. The van der Waals surface area contributed by atoms with E-state index < -0.39 is 0 Å². The van der Waals surface area contributed by atoms with Gasteiger partial charge in [0.25, 0.3) is 0 Å². The second-order valence-corrected chi connectivity index (χ2v) is 4.38. The van der Waals surface area contributed by atoms with Crippen LogP contribution in [0.4, 0.5) is 0 Å². The van der Waals surface area contributed by atoms with E-state index in [9.17, 15) is 4.79 Å². The fourth-order valence-corrected chi connectivity index (χ4v) is 1.78. The highest BCUT2D eigenvalue weighted by Crippen LogP contribution is 2.20. The van der Waals surface area contributed by atoms with Crippen molar-refractivity contribution in [2.24, 2.45) is 17.8 Å². The molecule has 0 saturated heterocycles. The lowest BCUT2D eigenvalue weighted by molar-refractivity contribution is -0.127. The van der Waals surface area contributed by atoms with Gasteiger partial charge >= 0.3 is 0 Å². The molecular formula is C11H23NO2. The molecule has 0 unspecified atom stereocenters. The zero-order chi connectivity index (χ0) is 11.1. The van der Waals surface area contributed by atoms with Gasteiger partial charge in [-0.3, -0.25) is 4.79 Å². The van der Waals surface area contributed by atoms with Gasteiger partial charge in [0.05, 0.1) is 0 Å². The average Bonchev–Trinajstić information content (AvgIpc) is 2.03. The van der Waals surface area contributed by atoms with E-state index in [2.05, 4.69) is 33.0 Å². The van der Waals surface area contributed by atoms with Gasteiger partial charge < -0.3 is 10.4 Å². The Morgan fingerprint density at radius 3 is 2.07 bits per heavy atom. The molecule has 14 heavy (non-hydrogen) atoms. The van der Waals surface area contributed by atoms with Crippen LogP contribution in [0.2, 0.25) is 0 Å². The second kappa shape index (κ2) is 6.82. The fraction of sp³-hybridized carbons (Fsp3) is 0.909. The van der Waals surface area contributed by atoms with Crippen LogP contribution in [-0.2, 0) is 4.79 Å². The lowest BCUT2D eigenvalue weighted by atomic mass is 9.85. The van der Waals surface area contributed by atoms with Gasteiger partial charge in [-0.05, 0) is 18.3 Å². The molecule has 0 rings (SSSR count). The van der Waals surface area contributed by atoms with E-state index >= 15 is 0 Å². The Balaban J connectivity index is 4.03. The summed E-state index contributed by atoms with van der Waals surface area (Å²) in [7, 11) is 0. The van der Waals surface area contributed by atoms with E-state index in [4.69, 9.17) is 5.11 Å². The summed E-state index contributed by atoms with van der Waals surface area (Å²) in [6.07, 6.45) is 0.634. The Morgan fingerprint density at radius 2 is 1.71 bits per heavy atom. The first-order valence-corrected chi connectivity index (χ1v) is 5.39. The molecule has 0 aliphatic rings. The molecule has 0 fully saturated rings. The first-order chi connectivity index (χ1) is 6.50. The molecule has 0 aromatic heterocycles. The van der Waals surface area contributed by atoms with E-state index in [1.165, 1.54) is 0 Å². The van der Waals surface area contributed by atoms with Gasteiger partial charge in [-0.2, -0.15) is 0 Å². The predicted octanol–water partition coefficient (Wildman–Crippen LogP) is 1.41. The number of rotatable bonds is 6. The van der Waals surface area contributed by atoms with Gasteiger partial charge in [-0.15, -0.1) is 0 Å². The van der Waals surface area contributed by atoms with Crippen LogP contribution in [0, 0.1) is 17.8 Å². The largest absolute Gasteiger partial charge is 0.396 e. The molecule has 84 valence electrons.